The molecule has 136 valence electrons. The minimum atomic E-state index is -3.82. The average Bonchev–Trinajstić information content (AvgIpc) is 3.28. The second-order valence-electron chi connectivity index (χ2n) is 7.52. The highest BCUT2D eigenvalue weighted by Crippen LogP contribution is 2.63. The second kappa shape index (κ2) is 6.21. The van der Waals surface area contributed by atoms with Gasteiger partial charge in [0.05, 0.1) is 4.90 Å². The summed E-state index contributed by atoms with van der Waals surface area (Å²) in [6.07, 6.45) is 4.54. The van der Waals surface area contributed by atoms with Crippen LogP contribution in [-0.4, -0.2) is 14.4 Å². The highest BCUT2D eigenvalue weighted by atomic mass is 35.5. The van der Waals surface area contributed by atoms with Crippen molar-refractivity contribution in [2.45, 2.75) is 37.5 Å². The van der Waals surface area contributed by atoms with E-state index in [1.165, 1.54) is 41.7 Å². The van der Waals surface area contributed by atoms with E-state index in [0.717, 1.165) is 29.0 Å². The first kappa shape index (κ1) is 17.7. The molecule has 0 amide bonds. The van der Waals surface area contributed by atoms with Gasteiger partial charge in [-0.15, -0.1) is 0 Å². The van der Waals surface area contributed by atoms with E-state index in [2.05, 4.69) is 12.1 Å². The summed E-state index contributed by atoms with van der Waals surface area (Å²) in [5.41, 5.74) is 6.23. The SMILES string of the molecule is Cc1cc(C2=C(c3ccc(S(=O)(=O)CF)cc3)CC3(CC3)C2)ccc1Cl. The number of benzene rings is 2. The lowest BCUT2D eigenvalue weighted by Crippen LogP contribution is -2.02. The van der Waals surface area contributed by atoms with Gasteiger partial charge in [-0.2, -0.15) is 0 Å². The maximum absolute atomic E-state index is 12.7. The van der Waals surface area contributed by atoms with Crippen molar-refractivity contribution in [3.8, 4) is 0 Å². The van der Waals surface area contributed by atoms with E-state index in [4.69, 9.17) is 11.6 Å². The molecule has 0 atom stereocenters. The highest BCUT2D eigenvalue weighted by molar-refractivity contribution is 7.91. The monoisotopic (exact) mass is 390 g/mol. The Morgan fingerprint density at radius 1 is 1.00 bits per heavy atom. The molecule has 2 aliphatic rings. The molecular formula is C21H20ClFO2S. The molecule has 4 rings (SSSR count). The van der Waals surface area contributed by atoms with Gasteiger partial charge in [0.25, 0.3) is 0 Å². The van der Waals surface area contributed by atoms with Crippen LogP contribution in [0.4, 0.5) is 4.39 Å². The largest absolute Gasteiger partial charge is 0.233 e. The third-order valence-electron chi connectivity index (χ3n) is 5.64. The molecule has 1 fully saturated rings. The molecule has 2 aliphatic carbocycles. The fourth-order valence-corrected chi connectivity index (χ4v) is 4.66. The van der Waals surface area contributed by atoms with Gasteiger partial charge in [-0.25, -0.2) is 12.8 Å². The van der Waals surface area contributed by atoms with Crippen molar-refractivity contribution in [3.63, 3.8) is 0 Å². The zero-order valence-electron chi connectivity index (χ0n) is 14.6. The van der Waals surface area contributed by atoms with Crippen LogP contribution in [-0.2, 0) is 9.84 Å². The van der Waals surface area contributed by atoms with Crippen molar-refractivity contribution in [2.75, 3.05) is 6.01 Å². The van der Waals surface area contributed by atoms with Crippen molar-refractivity contribution in [2.24, 2.45) is 5.41 Å². The molecule has 0 N–H and O–H groups in total. The van der Waals surface area contributed by atoms with E-state index in [-0.39, 0.29) is 4.90 Å². The first-order valence-electron chi connectivity index (χ1n) is 8.71. The van der Waals surface area contributed by atoms with Crippen molar-refractivity contribution >= 4 is 32.6 Å². The summed E-state index contributed by atoms with van der Waals surface area (Å²) in [4.78, 5) is 0.0346. The zero-order chi connectivity index (χ0) is 18.5. The lowest BCUT2D eigenvalue weighted by molar-refractivity contribution is 0.534. The quantitative estimate of drug-likeness (QED) is 0.657. The first-order chi connectivity index (χ1) is 12.3. The third-order valence-corrected chi connectivity index (χ3v) is 7.34. The predicted octanol–water partition coefficient (Wildman–Crippen LogP) is 5.83. The number of halogens is 2. The Morgan fingerprint density at radius 2 is 1.58 bits per heavy atom. The van der Waals surface area contributed by atoms with Gasteiger partial charge >= 0.3 is 0 Å². The second-order valence-corrected chi connectivity index (χ2v) is 9.85. The third kappa shape index (κ3) is 3.10. The minimum absolute atomic E-state index is 0.0346. The van der Waals surface area contributed by atoms with Crippen molar-refractivity contribution in [1.82, 2.24) is 0 Å². The summed E-state index contributed by atoms with van der Waals surface area (Å²) in [5, 5.41) is 0.760. The van der Waals surface area contributed by atoms with Gasteiger partial charge in [0, 0.05) is 5.02 Å². The van der Waals surface area contributed by atoms with E-state index < -0.39 is 15.8 Å². The van der Waals surface area contributed by atoms with E-state index in [1.54, 1.807) is 0 Å². The summed E-state index contributed by atoms with van der Waals surface area (Å²) < 4.78 is 36.1. The van der Waals surface area contributed by atoms with Crippen LogP contribution < -0.4 is 0 Å². The first-order valence-corrected chi connectivity index (χ1v) is 10.7. The molecular weight excluding hydrogens is 371 g/mol. The molecule has 0 heterocycles. The molecule has 5 heteroatoms. The van der Waals surface area contributed by atoms with Crippen LogP contribution in [0.5, 0.6) is 0 Å². The molecule has 2 nitrogen and oxygen atoms in total. The molecule has 0 unspecified atom stereocenters. The number of rotatable bonds is 4. The fourth-order valence-electron chi connectivity index (χ4n) is 3.87. The van der Waals surface area contributed by atoms with Crippen LogP contribution in [0.15, 0.2) is 47.4 Å². The number of hydrogen-bond donors (Lipinski definition) is 0. The van der Waals surface area contributed by atoms with E-state index in [0.29, 0.717) is 5.41 Å². The van der Waals surface area contributed by atoms with E-state index >= 15 is 0 Å². The van der Waals surface area contributed by atoms with Gasteiger partial charge in [-0.3, -0.25) is 0 Å². The molecule has 1 spiro atoms. The normalized spacial score (nSPS) is 18.6. The van der Waals surface area contributed by atoms with Crippen LogP contribution in [0.2, 0.25) is 5.02 Å². The van der Waals surface area contributed by atoms with Gasteiger partial charge < -0.3 is 0 Å². The van der Waals surface area contributed by atoms with Gasteiger partial charge in [0.1, 0.15) is 0 Å². The van der Waals surface area contributed by atoms with Crippen molar-refractivity contribution in [3.05, 3.63) is 64.2 Å². The average molecular weight is 391 g/mol. The zero-order valence-corrected chi connectivity index (χ0v) is 16.1. The summed E-state index contributed by atoms with van der Waals surface area (Å²) in [6.45, 7) is 2.00. The highest BCUT2D eigenvalue weighted by Gasteiger charge is 2.48. The van der Waals surface area contributed by atoms with Gasteiger partial charge in [-0.1, -0.05) is 35.9 Å². The maximum Gasteiger partial charge on any atom is 0.207 e. The Kier molecular flexibility index (Phi) is 4.24. The number of sulfone groups is 1. The molecule has 0 aromatic heterocycles. The number of alkyl halides is 1. The summed E-state index contributed by atoms with van der Waals surface area (Å²) in [5.74, 6) is 0. The molecule has 1 saturated carbocycles. The Morgan fingerprint density at radius 3 is 2.12 bits per heavy atom. The molecule has 2 aromatic carbocycles. The van der Waals surface area contributed by atoms with Gasteiger partial charge in [0.15, 0.2) is 6.01 Å². The van der Waals surface area contributed by atoms with Gasteiger partial charge in [0.2, 0.25) is 9.84 Å². The molecule has 0 bridgehead atoms. The number of aryl methyl sites for hydroxylation is 1. The van der Waals surface area contributed by atoms with E-state index in [9.17, 15) is 12.8 Å². The molecule has 0 radical (unpaired) electrons. The summed E-state index contributed by atoms with van der Waals surface area (Å²) in [7, 11) is -3.82. The Labute approximate surface area is 158 Å². The fraction of sp³-hybridized carbons (Fsp3) is 0.333. The molecule has 2 aromatic rings. The van der Waals surface area contributed by atoms with Crippen molar-refractivity contribution < 1.29 is 12.8 Å². The summed E-state index contributed by atoms with van der Waals surface area (Å²) in [6, 6.07) is 11.4. The van der Waals surface area contributed by atoms with Crippen LogP contribution in [0.25, 0.3) is 11.1 Å². The summed E-state index contributed by atoms with van der Waals surface area (Å²) >= 11 is 6.18. The smallest absolute Gasteiger partial charge is 0.207 e. The van der Waals surface area contributed by atoms with Gasteiger partial charge in [-0.05, 0) is 84.1 Å². The van der Waals surface area contributed by atoms with Crippen LogP contribution in [0.3, 0.4) is 0 Å². The van der Waals surface area contributed by atoms with Crippen LogP contribution >= 0.6 is 11.6 Å². The van der Waals surface area contributed by atoms with Crippen molar-refractivity contribution in [1.29, 1.82) is 0 Å². The number of allylic oxidation sites excluding steroid dienone is 2. The molecule has 0 aliphatic heterocycles. The Balaban J connectivity index is 1.77. The molecule has 26 heavy (non-hydrogen) atoms. The predicted molar refractivity (Wildman–Crippen MR) is 104 cm³/mol. The lowest BCUT2D eigenvalue weighted by Gasteiger charge is -2.10. The molecule has 0 saturated heterocycles. The van der Waals surface area contributed by atoms with Crippen LogP contribution in [0, 0.1) is 12.3 Å². The van der Waals surface area contributed by atoms with E-state index in [1.807, 2.05) is 25.1 Å². The Hall–Kier alpha value is -1.65. The minimum Gasteiger partial charge on any atom is -0.233 e. The lowest BCUT2D eigenvalue weighted by atomic mass is 9.96. The Bertz CT molecular complexity index is 1000. The standard InChI is InChI=1S/C21H20ClFO2S/c1-14-10-16(4-7-20(14)22)19-12-21(8-9-21)11-18(19)15-2-5-17(6-3-15)26(24,25)13-23/h2-7,10H,8-9,11-13H2,1H3. The number of hydrogen-bond acceptors (Lipinski definition) is 2. The van der Waals surface area contributed by atoms with Crippen LogP contribution in [0.1, 0.15) is 42.4 Å². The maximum atomic E-state index is 12.7. The topological polar surface area (TPSA) is 34.1 Å².